The minimum absolute atomic E-state index is 0.105. The van der Waals surface area contributed by atoms with E-state index in [-0.39, 0.29) is 17.6 Å². The summed E-state index contributed by atoms with van der Waals surface area (Å²) in [6.07, 6.45) is 4.20. The molecule has 0 aliphatic carbocycles. The molecule has 0 spiro atoms. The second-order valence-corrected chi connectivity index (χ2v) is 12.8. The molecule has 0 fully saturated rings. The molecule has 230 valence electrons. The number of rotatable bonds is 4. The van der Waals surface area contributed by atoms with Gasteiger partial charge in [0, 0.05) is 39.3 Å². The van der Waals surface area contributed by atoms with Crippen molar-refractivity contribution in [3.63, 3.8) is 0 Å². The van der Waals surface area contributed by atoms with Gasteiger partial charge in [0.1, 0.15) is 17.1 Å². The standard InChI is InChI=1S/C33H30N2O2.C8H8O/c1-20(2)11-10-18-33(3)24-19-36-27-17-9-6-14-23(27)28(24)29-31-30(34-25-15-7-8-16-26(25)35-31)21-12-4-5-13-22(21)32(29)37-33;1-7(9)8-5-3-2-4-6-8/h4-9,11-17,24,28H,10,18-19H2,1-3H3;2-6H,1H3/t24?,28?,33-;/m1./s1. The Balaban J connectivity index is 0.000000326. The van der Waals surface area contributed by atoms with Gasteiger partial charge in [-0.25, -0.2) is 9.97 Å². The minimum Gasteiger partial charge on any atom is -0.493 e. The van der Waals surface area contributed by atoms with Crippen LogP contribution in [0.25, 0.3) is 32.8 Å². The summed E-state index contributed by atoms with van der Waals surface area (Å²) in [5.41, 5.74) is 7.76. The maximum atomic E-state index is 10.6. The van der Waals surface area contributed by atoms with Crippen molar-refractivity contribution in [2.45, 2.75) is 52.1 Å². The third kappa shape index (κ3) is 5.30. The number of carbonyl (C=O) groups excluding carboxylic acids is 1. The van der Waals surface area contributed by atoms with E-state index in [0.717, 1.165) is 68.3 Å². The van der Waals surface area contributed by atoms with Crippen molar-refractivity contribution in [3.05, 3.63) is 131 Å². The van der Waals surface area contributed by atoms with E-state index in [1.807, 2.05) is 54.6 Å². The summed E-state index contributed by atoms with van der Waals surface area (Å²) in [6.45, 7) is 8.77. The van der Waals surface area contributed by atoms with Crippen LogP contribution in [-0.4, -0.2) is 28.0 Å². The number of hydrogen-bond donors (Lipinski definition) is 0. The van der Waals surface area contributed by atoms with Crippen molar-refractivity contribution in [2.75, 3.05) is 6.61 Å². The molecule has 3 atom stereocenters. The summed E-state index contributed by atoms with van der Waals surface area (Å²) >= 11 is 0. The lowest BCUT2D eigenvalue weighted by atomic mass is 9.67. The molecule has 1 aromatic heterocycles. The van der Waals surface area contributed by atoms with Crippen LogP contribution in [0.5, 0.6) is 11.5 Å². The first-order valence-corrected chi connectivity index (χ1v) is 16.1. The summed E-state index contributed by atoms with van der Waals surface area (Å²) in [5, 5.41) is 2.19. The molecule has 0 amide bonds. The normalized spacial score (nSPS) is 19.5. The Morgan fingerprint density at radius 1 is 0.804 bits per heavy atom. The lowest BCUT2D eigenvalue weighted by molar-refractivity contribution is -0.0316. The third-order valence-corrected chi connectivity index (χ3v) is 9.38. The number of nitrogens with zero attached hydrogens (tertiary/aromatic N) is 2. The number of allylic oxidation sites excluding steroid dienone is 2. The lowest BCUT2D eigenvalue weighted by Gasteiger charge is -2.49. The van der Waals surface area contributed by atoms with E-state index in [2.05, 4.69) is 75.4 Å². The van der Waals surface area contributed by atoms with Crippen LogP contribution in [0.3, 0.4) is 0 Å². The summed E-state index contributed by atoms with van der Waals surface area (Å²) < 4.78 is 13.5. The zero-order chi connectivity index (χ0) is 31.8. The van der Waals surface area contributed by atoms with Gasteiger partial charge in [-0.15, -0.1) is 0 Å². The molecule has 2 aliphatic heterocycles. The van der Waals surface area contributed by atoms with Crippen LogP contribution in [-0.2, 0) is 0 Å². The average Bonchev–Trinajstić information content (AvgIpc) is 3.08. The van der Waals surface area contributed by atoms with E-state index in [1.165, 1.54) is 11.1 Å². The van der Waals surface area contributed by atoms with Gasteiger partial charge < -0.3 is 9.47 Å². The lowest BCUT2D eigenvalue weighted by Crippen LogP contribution is -2.51. The highest BCUT2D eigenvalue weighted by atomic mass is 16.5. The summed E-state index contributed by atoms with van der Waals surface area (Å²) in [4.78, 5) is 21.0. The van der Waals surface area contributed by atoms with Gasteiger partial charge in [0.15, 0.2) is 5.78 Å². The third-order valence-electron chi connectivity index (χ3n) is 9.38. The maximum Gasteiger partial charge on any atom is 0.159 e. The molecule has 3 heterocycles. The van der Waals surface area contributed by atoms with Gasteiger partial charge in [-0.05, 0) is 58.7 Å². The van der Waals surface area contributed by atoms with E-state index < -0.39 is 5.60 Å². The van der Waals surface area contributed by atoms with Gasteiger partial charge in [0.25, 0.3) is 0 Å². The molecule has 0 saturated heterocycles. The highest BCUT2D eigenvalue weighted by molar-refractivity contribution is 6.11. The zero-order valence-corrected chi connectivity index (χ0v) is 26.8. The number of para-hydroxylation sites is 3. The van der Waals surface area contributed by atoms with Gasteiger partial charge in [0.2, 0.25) is 0 Å². The topological polar surface area (TPSA) is 61.3 Å². The molecule has 6 aromatic rings. The Hall–Kier alpha value is -5.03. The molecular formula is C41H38N2O3. The SMILES string of the molecule is CC(=O)c1ccccc1.CC(C)=CCC[C@@]1(C)Oc2c(c3nc4ccccc4nc3c3ccccc23)C2c3ccccc3OCC21. The van der Waals surface area contributed by atoms with Crippen molar-refractivity contribution in [3.8, 4) is 11.5 Å². The molecule has 0 N–H and O–H groups in total. The zero-order valence-electron chi connectivity index (χ0n) is 26.8. The molecule has 0 saturated carbocycles. The molecule has 8 rings (SSSR count). The molecular weight excluding hydrogens is 568 g/mol. The number of ether oxygens (including phenoxy) is 2. The fraction of sp³-hybridized carbons (Fsp3) is 0.244. The highest BCUT2D eigenvalue weighted by Gasteiger charge is 2.51. The fourth-order valence-electron chi connectivity index (χ4n) is 7.03. The molecule has 2 aliphatic rings. The van der Waals surface area contributed by atoms with E-state index in [0.29, 0.717) is 6.61 Å². The second-order valence-electron chi connectivity index (χ2n) is 12.8. The summed E-state index contributed by atoms with van der Waals surface area (Å²) in [7, 11) is 0. The van der Waals surface area contributed by atoms with Crippen LogP contribution >= 0.6 is 0 Å². The van der Waals surface area contributed by atoms with Crippen molar-refractivity contribution in [1.29, 1.82) is 0 Å². The van der Waals surface area contributed by atoms with Crippen molar-refractivity contribution >= 4 is 38.6 Å². The van der Waals surface area contributed by atoms with Crippen LogP contribution in [0.2, 0.25) is 0 Å². The van der Waals surface area contributed by atoms with Gasteiger partial charge in [-0.1, -0.05) is 96.6 Å². The van der Waals surface area contributed by atoms with Crippen LogP contribution in [0.1, 0.15) is 67.9 Å². The Morgan fingerprint density at radius 2 is 1.43 bits per heavy atom. The number of ketones is 1. The molecule has 0 radical (unpaired) electrons. The monoisotopic (exact) mass is 606 g/mol. The smallest absolute Gasteiger partial charge is 0.159 e. The first-order valence-electron chi connectivity index (χ1n) is 16.1. The van der Waals surface area contributed by atoms with Crippen LogP contribution < -0.4 is 9.47 Å². The van der Waals surface area contributed by atoms with E-state index in [1.54, 1.807) is 6.92 Å². The highest BCUT2D eigenvalue weighted by Crippen LogP contribution is 2.57. The molecule has 46 heavy (non-hydrogen) atoms. The van der Waals surface area contributed by atoms with Crippen molar-refractivity contribution in [2.24, 2.45) is 5.92 Å². The number of aromatic nitrogens is 2. The van der Waals surface area contributed by atoms with Crippen molar-refractivity contribution < 1.29 is 14.3 Å². The Bertz CT molecular complexity index is 2120. The fourth-order valence-corrected chi connectivity index (χ4v) is 7.03. The minimum atomic E-state index is -0.391. The van der Waals surface area contributed by atoms with Crippen LogP contribution in [0, 0.1) is 5.92 Å². The van der Waals surface area contributed by atoms with Crippen LogP contribution in [0.4, 0.5) is 0 Å². The second kappa shape index (κ2) is 12.1. The molecule has 0 bridgehead atoms. The summed E-state index contributed by atoms with van der Waals surface area (Å²) in [5.74, 6) is 2.28. The predicted octanol–water partition coefficient (Wildman–Crippen LogP) is 9.86. The quantitative estimate of drug-likeness (QED) is 0.0865. The molecule has 2 unspecified atom stereocenters. The Kier molecular flexibility index (Phi) is 7.77. The predicted molar refractivity (Wildman–Crippen MR) is 186 cm³/mol. The number of fused-ring (bicyclic) bond motifs is 11. The van der Waals surface area contributed by atoms with Gasteiger partial charge in [-0.2, -0.15) is 0 Å². The number of hydrogen-bond acceptors (Lipinski definition) is 5. The Labute approximate surface area is 269 Å². The molecule has 5 aromatic carbocycles. The van der Waals surface area contributed by atoms with Gasteiger partial charge in [0.05, 0.1) is 28.7 Å². The largest absolute Gasteiger partial charge is 0.493 e. The van der Waals surface area contributed by atoms with Gasteiger partial charge >= 0.3 is 0 Å². The summed E-state index contributed by atoms with van der Waals surface area (Å²) in [6, 6.07) is 34.3. The first kappa shape index (κ1) is 29.7. The van der Waals surface area contributed by atoms with Crippen LogP contribution in [0.15, 0.2) is 115 Å². The average molecular weight is 607 g/mol. The number of benzene rings is 5. The van der Waals surface area contributed by atoms with Gasteiger partial charge in [-0.3, -0.25) is 4.79 Å². The van der Waals surface area contributed by atoms with E-state index >= 15 is 0 Å². The first-order chi connectivity index (χ1) is 22.3. The molecule has 5 nitrogen and oxygen atoms in total. The number of carbonyl (C=O) groups is 1. The maximum absolute atomic E-state index is 10.6. The van der Waals surface area contributed by atoms with E-state index in [4.69, 9.17) is 19.4 Å². The van der Waals surface area contributed by atoms with E-state index in [9.17, 15) is 4.79 Å². The Morgan fingerprint density at radius 3 is 2.13 bits per heavy atom. The number of Topliss-reactive ketones (excluding diaryl/α,β-unsaturated/α-hetero) is 1. The molecule has 5 heteroatoms. The van der Waals surface area contributed by atoms with Crippen molar-refractivity contribution in [1.82, 2.24) is 9.97 Å².